The van der Waals surface area contributed by atoms with Crippen molar-refractivity contribution in [2.24, 2.45) is 0 Å². The van der Waals surface area contributed by atoms with E-state index in [-0.39, 0.29) is 17.4 Å². The van der Waals surface area contributed by atoms with Gasteiger partial charge in [-0.25, -0.2) is 4.39 Å². The van der Waals surface area contributed by atoms with E-state index in [2.05, 4.69) is 0 Å². The molecule has 2 rings (SSSR count). The zero-order valence-electron chi connectivity index (χ0n) is 10.0. The second-order valence-electron chi connectivity index (χ2n) is 4.01. The Labute approximate surface area is 110 Å². The summed E-state index contributed by atoms with van der Waals surface area (Å²) < 4.78 is 13.4. The van der Waals surface area contributed by atoms with Crippen LogP contribution in [0.1, 0.15) is 15.9 Å². The van der Waals surface area contributed by atoms with Gasteiger partial charge in [0.15, 0.2) is 5.78 Å². The van der Waals surface area contributed by atoms with Crippen molar-refractivity contribution >= 4 is 17.5 Å². The third-order valence-corrected chi connectivity index (χ3v) is 3.62. The number of Topliss-reactive ketones (excluding diaryl/α,β-unsaturated/α-hetero) is 1. The van der Waals surface area contributed by atoms with Crippen LogP contribution in [0.25, 0.3) is 0 Å². The third-order valence-electron chi connectivity index (χ3n) is 2.57. The van der Waals surface area contributed by atoms with E-state index in [1.54, 1.807) is 30.3 Å². The SMILES string of the molecule is Cc1ccc(C(=O)CSc2ccccc2F)cc1. The molecule has 0 aliphatic carbocycles. The highest BCUT2D eigenvalue weighted by Gasteiger charge is 2.08. The maximum atomic E-state index is 13.4. The maximum absolute atomic E-state index is 13.4. The van der Waals surface area contributed by atoms with E-state index < -0.39 is 0 Å². The van der Waals surface area contributed by atoms with Crippen molar-refractivity contribution in [1.29, 1.82) is 0 Å². The monoisotopic (exact) mass is 260 g/mol. The standard InChI is InChI=1S/C15H13FOS/c1-11-6-8-12(9-7-11)14(17)10-18-15-5-3-2-4-13(15)16/h2-9H,10H2,1H3. The molecule has 0 atom stereocenters. The summed E-state index contributed by atoms with van der Waals surface area (Å²) in [4.78, 5) is 12.4. The van der Waals surface area contributed by atoms with Gasteiger partial charge in [0.05, 0.1) is 5.75 Å². The minimum Gasteiger partial charge on any atom is -0.293 e. The molecule has 0 bridgehead atoms. The number of carbonyl (C=O) groups is 1. The van der Waals surface area contributed by atoms with E-state index in [4.69, 9.17) is 0 Å². The fourth-order valence-corrected chi connectivity index (χ4v) is 2.36. The molecule has 0 heterocycles. The van der Waals surface area contributed by atoms with Crippen molar-refractivity contribution in [2.75, 3.05) is 5.75 Å². The van der Waals surface area contributed by atoms with Gasteiger partial charge in [-0.3, -0.25) is 4.79 Å². The van der Waals surface area contributed by atoms with Gasteiger partial charge in [0, 0.05) is 10.5 Å². The van der Waals surface area contributed by atoms with Crippen LogP contribution in [-0.4, -0.2) is 11.5 Å². The van der Waals surface area contributed by atoms with Gasteiger partial charge in [-0.15, -0.1) is 11.8 Å². The number of hydrogen-bond acceptors (Lipinski definition) is 2. The Bertz CT molecular complexity index is 549. The van der Waals surface area contributed by atoms with E-state index in [9.17, 15) is 9.18 Å². The lowest BCUT2D eigenvalue weighted by molar-refractivity contribution is 0.102. The van der Waals surface area contributed by atoms with Gasteiger partial charge in [-0.2, -0.15) is 0 Å². The quantitative estimate of drug-likeness (QED) is 0.608. The Morgan fingerprint density at radius 3 is 2.44 bits per heavy atom. The molecule has 0 saturated heterocycles. The maximum Gasteiger partial charge on any atom is 0.173 e. The highest BCUT2D eigenvalue weighted by Crippen LogP contribution is 2.22. The van der Waals surface area contributed by atoms with Crippen molar-refractivity contribution < 1.29 is 9.18 Å². The molecule has 18 heavy (non-hydrogen) atoms. The van der Waals surface area contributed by atoms with Crippen molar-refractivity contribution in [3.8, 4) is 0 Å². The first-order valence-corrected chi connectivity index (χ1v) is 6.62. The van der Waals surface area contributed by atoms with Crippen LogP contribution in [0.15, 0.2) is 53.4 Å². The predicted molar refractivity (Wildman–Crippen MR) is 72.6 cm³/mol. The van der Waals surface area contributed by atoms with Crippen LogP contribution in [0.2, 0.25) is 0 Å². The first kappa shape index (κ1) is 12.8. The summed E-state index contributed by atoms with van der Waals surface area (Å²) in [5.74, 6) is -0.00765. The number of thioether (sulfide) groups is 1. The fourth-order valence-electron chi connectivity index (χ4n) is 1.53. The van der Waals surface area contributed by atoms with E-state index in [1.165, 1.54) is 17.8 Å². The molecule has 92 valence electrons. The van der Waals surface area contributed by atoms with Gasteiger partial charge < -0.3 is 0 Å². The molecule has 0 amide bonds. The van der Waals surface area contributed by atoms with Crippen LogP contribution in [0.3, 0.4) is 0 Å². The number of carbonyl (C=O) groups excluding carboxylic acids is 1. The minimum atomic E-state index is -0.279. The second-order valence-corrected chi connectivity index (χ2v) is 5.03. The summed E-state index contributed by atoms with van der Waals surface area (Å²) in [6, 6.07) is 13.9. The average Bonchev–Trinajstić information content (AvgIpc) is 2.38. The van der Waals surface area contributed by atoms with E-state index in [0.717, 1.165) is 5.56 Å². The summed E-state index contributed by atoms with van der Waals surface area (Å²) in [5.41, 5.74) is 1.79. The number of halogens is 1. The van der Waals surface area contributed by atoms with Gasteiger partial charge >= 0.3 is 0 Å². The van der Waals surface area contributed by atoms with E-state index in [1.807, 2.05) is 19.1 Å². The first-order valence-electron chi connectivity index (χ1n) is 5.64. The van der Waals surface area contributed by atoms with Crippen LogP contribution in [0, 0.1) is 12.7 Å². The third kappa shape index (κ3) is 3.20. The molecular formula is C15H13FOS. The van der Waals surface area contributed by atoms with E-state index >= 15 is 0 Å². The molecule has 0 aromatic heterocycles. The molecular weight excluding hydrogens is 247 g/mol. The van der Waals surface area contributed by atoms with Crippen LogP contribution in [0.5, 0.6) is 0 Å². The van der Waals surface area contributed by atoms with Crippen molar-refractivity contribution in [3.63, 3.8) is 0 Å². The zero-order chi connectivity index (χ0) is 13.0. The molecule has 0 saturated carbocycles. The number of ketones is 1. The number of rotatable bonds is 4. The minimum absolute atomic E-state index is 0.0169. The van der Waals surface area contributed by atoms with Gasteiger partial charge in [0.1, 0.15) is 5.82 Å². The molecule has 0 N–H and O–H groups in total. The highest BCUT2D eigenvalue weighted by molar-refractivity contribution is 8.00. The molecule has 0 aliphatic heterocycles. The van der Waals surface area contributed by atoms with Gasteiger partial charge in [0.2, 0.25) is 0 Å². The summed E-state index contributed by atoms with van der Waals surface area (Å²) in [7, 11) is 0. The van der Waals surface area contributed by atoms with Crippen molar-refractivity contribution in [2.45, 2.75) is 11.8 Å². The normalized spacial score (nSPS) is 10.3. The number of aryl methyl sites for hydroxylation is 1. The van der Waals surface area contributed by atoms with Crippen molar-refractivity contribution in [3.05, 3.63) is 65.5 Å². The first-order chi connectivity index (χ1) is 8.66. The average molecular weight is 260 g/mol. The number of benzene rings is 2. The Morgan fingerprint density at radius 2 is 1.78 bits per heavy atom. The molecule has 2 aromatic carbocycles. The molecule has 0 unspecified atom stereocenters. The molecule has 2 aromatic rings. The summed E-state index contributed by atoms with van der Waals surface area (Å²) in [6.07, 6.45) is 0. The van der Waals surface area contributed by atoms with Gasteiger partial charge in [-0.1, -0.05) is 42.0 Å². The highest BCUT2D eigenvalue weighted by atomic mass is 32.2. The lowest BCUT2D eigenvalue weighted by Gasteiger charge is -2.03. The van der Waals surface area contributed by atoms with Crippen LogP contribution in [0.4, 0.5) is 4.39 Å². The largest absolute Gasteiger partial charge is 0.293 e. The fraction of sp³-hybridized carbons (Fsp3) is 0.133. The molecule has 0 radical (unpaired) electrons. The molecule has 0 aliphatic rings. The summed E-state index contributed by atoms with van der Waals surface area (Å²) in [5, 5.41) is 0. The molecule has 1 nitrogen and oxygen atoms in total. The lowest BCUT2D eigenvalue weighted by atomic mass is 10.1. The molecule has 0 fully saturated rings. The predicted octanol–water partition coefficient (Wildman–Crippen LogP) is 4.11. The van der Waals surface area contributed by atoms with E-state index in [0.29, 0.717) is 10.5 Å². The Kier molecular flexibility index (Phi) is 4.15. The second kappa shape index (κ2) is 5.83. The topological polar surface area (TPSA) is 17.1 Å². The molecule has 0 spiro atoms. The van der Waals surface area contributed by atoms with Crippen LogP contribution in [-0.2, 0) is 0 Å². The van der Waals surface area contributed by atoms with Gasteiger partial charge in [0.25, 0.3) is 0 Å². The molecule has 3 heteroatoms. The van der Waals surface area contributed by atoms with Gasteiger partial charge in [-0.05, 0) is 19.1 Å². The number of hydrogen-bond donors (Lipinski definition) is 0. The Hall–Kier alpha value is -1.61. The van der Waals surface area contributed by atoms with Crippen LogP contribution < -0.4 is 0 Å². The summed E-state index contributed by atoms with van der Waals surface area (Å²) in [6.45, 7) is 1.97. The summed E-state index contributed by atoms with van der Waals surface area (Å²) >= 11 is 1.23. The smallest absolute Gasteiger partial charge is 0.173 e. The lowest BCUT2D eigenvalue weighted by Crippen LogP contribution is -2.02. The van der Waals surface area contributed by atoms with Crippen molar-refractivity contribution in [1.82, 2.24) is 0 Å². The van der Waals surface area contributed by atoms with Crippen LogP contribution >= 0.6 is 11.8 Å². The Morgan fingerprint density at radius 1 is 1.11 bits per heavy atom. The zero-order valence-corrected chi connectivity index (χ0v) is 10.8. The Balaban J connectivity index is 2.01.